The topological polar surface area (TPSA) is 73.6 Å². The van der Waals surface area contributed by atoms with E-state index in [1.165, 1.54) is 11.6 Å². The Hall–Kier alpha value is -3.60. The van der Waals surface area contributed by atoms with Gasteiger partial charge in [-0.15, -0.1) is 0 Å². The number of hydrogen-bond donors (Lipinski definition) is 2. The van der Waals surface area contributed by atoms with Crippen LogP contribution in [0.4, 0.5) is 36.3 Å². The van der Waals surface area contributed by atoms with Crippen LogP contribution in [0, 0.1) is 11.3 Å². The minimum Gasteiger partial charge on any atom is -0.340 e. The summed E-state index contributed by atoms with van der Waals surface area (Å²) in [5.41, 5.74) is 1.49. The predicted octanol–water partition coefficient (Wildman–Crippen LogP) is 5.81. The van der Waals surface area contributed by atoms with Gasteiger partial charge in [-0.1, -0.05) is 31.5 Å². The van der Waals surface area contributed by atoms with E-state index in [0.717, 1.165) is 19.0 Å². The zero-order valence-electron chi connectivity index (χ0n) is 15.6. The highest BCUT2D eigenvalue weighted by Crippen LogP contribution is 2.35. The van der Waals surface area contributed by atoms with Crippen LogP contribution in [0.1, 0.15) is 30.0 Å². The normalized spacial score (nSPS) is 11.0. The molecule has 3 aromatic rings. The van der Waals surface area contributed by atoms with Gasteiger partial charge in [-0.05, 0) is 42.3 Å². The first-order chi connectivity index (χ1) is 13.9. The molecule has 0 atom stereocenters. The van der Waals surface area contributed by atoms with Crippen LogP contribution in [0.2, 0.25) is 0 Å². The largest absolute Gasteiger partial charge is 0.421 e. The van der Waals surface area contributed by atoms with Gasteiger partial charge in [-0.2, -0.15) is 23.4 Å². The van der Waals surface area contributed by atoms with E-state index in [1.54, 1.807) is 18.2 Å². The maximum atomic E-state index is 13.4. The van der Waals surface area contributed by atoms with Crippen molar-refractivity contribution in [1.29, 1.82) is 5.26 Å². The molecule has 0 radical (unpaired) electrons. The Labute approximate surface area is 166 Å². The summed E-state index contributed by atoms with van der Waals surface area (Å²) in [7, 11) is 0. The molecule has 0 spiro atoms. The molecular weight excluding hydrogens is 379 g/mol. The van der Waals surface area contributed by atoms with Gasteiger partial charge in [0.25, 0.3) is 0 Å². The molecule has 0 bridgehead atoms. The summed E-state index contributed by atoms with van der Waals surface area (Å²) >= 11 is 0. The van der Waals surface area contributed by atoms with Crippen molar-refractivity contribution in [2.45, 2.75) is 25.9 Å². The number of aryl methyl sites for hydroxylation is 1. The van der Waals surface area contributed by atoms with E-state index in [1.807, 2.05) is 30.3 Å². The van der Waals surface area contributed by atoms with E-state index >= 15 is 0 Å². The summed E-state index contributed by atoms with van der Waals surface area (Å²) in [5.74, 6) is -0.368. The van der Waals surface area contributed by atoms with Crippen LogP contribution >= 0.6 is 0 Å². The third-order valence-electron chi connectivity index (χ3n) is 4.10. The van der Waals surface area contributed by atoms with Gasteiger partial charge >= 0.3 is 6.18 Å². The van der Waals surface area contributed by atoms with E-state index < -0.39 is 17.6 Å². The number of nitriles is 1. The Morgan fingerprint density at radius 1 is 1.03 bits per heavy atom. The average Bonchev–Trinajstić information content (AvgIpc) is 2.69. The second-order valence-corrected chi connectivity index (χ2v) is 6.34. The van der Waals surface area contributed by atoms with Gasteiger partial charge in [-0.25, -0.2) is 4.98 Å². The summed E-state index contributed by atoms with van der Waals surface area (Å²) in [5, 5.41) is 14.5. The first kappa shape index (κ1) is 20.1. The smallest absolute Gasteiger partial charge is 0.340 e. The maximum absolute atomic E-state index is 13.4. The van der Waals surface area contributed by atoms with Crippen molar-refractivity contribution in [3.05, 3.63) is 71.4 Å². The summed E-state index contributed by atoms with van der Waals surface area (Å²) in [6.07, 6.45) is -1.92. The van der Waals surface area contributed by atoms with Crippen molar-refractivity contribution in [3.8, 4) is 6.07 Å². The first-order valence-corrected chi connectivity index (χ1v) is 8.96. The van der Waals surface area contributed by atoms with Crippen molar-refractivity contribution in [2.24, 2.45) is 0 Å². The maximum Gasteiger partial charge on any atom is 0.421 e. The van der Waals surface area contributed by atoms with Crippen molar-refractivity contribution in [2.75, 3.05) is 10.6 Å². The van der Waals surface area contributed by atoms with Crippen LogP contribution in [0.25, 0.3) is 0 Å². The number of anilines is 4. The van der Waals surface area contributed by atoms with Gasteiger partial charge in [0.05, 0.1) is 11.6 Å². The number of halogens is 3. The third kappa shape index (κ3) is 5.23. The lowest BCUT2D eigenvalue weighted by molar-refractivity contribution is -0.137. The van der Waals surface area contributed by atoms with Crippen LogP contribution in [-0.4, -0.2) is 9.97 Å². The monoisotopic (exact) mass is 397 g/mol. The second-order valence-electron chi connectivity index (χ2n) is 6.34. The summed E-state index contributed by atoms with van der Waals surface area (Å²) < 4.78 is 40.1. The minimum atomic E-state index is -4.63. The summed E-state index contributed by atoms with van der Waals surface area (Å²) in [6.45, 7) is 2.09. The molecule has 0 saturated carbocycles. The lowest BCUT2D eigenvalue weighted by Gasteiger charge is -2.15. The molecule has 0 amide bonds. The fourth-order valence-corrected chi connectivity index (χ4v) is 2.72. The van der Waals surface area contributed by atoms with Crippen LogP contribution in [0.3, 0.4) is 0 Å². The number of rotatable bonds is 6. The quantitative estimate of drug-likeness (QED) is 0.549. The number of benzene rings is 2. The zero-order valence-corrected chi connectivity index (χ0v) is 15.6. The third-order valence-corrected chi connectivity index (χ3v) is 4.10. The molecule has 2 N–H and O–H groups in total. The predicted molar refractivity (Wildman–Crippen MR) is 105 cm³/mol. The molecule has 2 aromatic carbocycles. The number of hydrogen-bond acceptors (Lipinski definition) is 5. The Morgan fingerprint density at radius 2 is 1.79 bits per heavy atom. The van der Waals surface area contributed by atoms with Crippen molar-refractivity contribution >= 4 is 23.1 Å². The van der Waals surface area contributed by atoms with E-state index in [0.29, 0.717) is 16.9 Å². The lowest BCUT2D eigenvalue weighted by Crippen LogP contribution is -2.12. The number of nitrogens with one attached hydrogen (secondary N) is 2. The molecule has 29 heavy (non-hydrogen) atoms. The molecule has 0 unspecified atom stereocenters. The van der Waals surface area contributed by atoms with Crippen molar-refractivity contribution < 1.29 is 13.2 Å². The minimum absolute atomic E-state index is 0.0279. The molecule has 148 valence electrons. The molecule has 0 aliphatic rings. The van der Waals surface area contributed by atoms with E-state index in [2.05, 4.69) is 27.5 Å². The van der Waals surface area contributed by atoms with Gasteiger partial charge in [0.2, 0.25) is 5.95 Å². The van der Waals surface area contributed by atoms with E-state index in [9.17, 15) is 13.2 Å². The number of alkyl halides is 3. The van der Waals surface area contributed by atoms with Crippen LogP contribution in [0.15, 0.2) is 54.7 Å². The van der Waals surface area contributed by atoms with Crippen LogP contribution in [0.5, 0.6) is 0 Å². The fourth-order valence-electron chi connectivity index (χ4n) is 2.72. The van der Waals surface area contributed by atoms with Crippen molar-refractivity contribution in [1.82, 2.24) is 9.97 Å². The Morgan fingerprint density at radius 3 is 2.45 bits per heavy atom. The first-order valence-electron chi connectivity index (χ1n) is 8.96. The molecule has 1 heterocycles. The Kier molecular flexibility index (Phi) is 5.98. The number of nitrogens with zero attached hydrogens (tertiary/aromatic N) is 3. The molecule has 5 nitrogen and oxygen atoms in total. The molecule has 1 aromatic heterocycles. The van der Waals surface area contributed by atoms with Gasteiger partial charge in [0, 0.05) is 17.6 Å². The van der Waals surface area contributed by atoms with Gasteiger partial charge in [0.1, 0.15) is 11.4 Å². The Balaban J connectivity index is 1.90. The zero-order chi connectivity index (χ0) is 20.9. The molecular formula is C21H18F3N5. The molecule has 0 fully saturated rings. The molecule has 3 rings (SSSR count). The summed E-state index contributed by atoms with van der Waals surface area (Å²) in [6, 6.07) is 15.6. The molecule has 8 heteroatoms. The second kappa shape index (κ2) is 8.61. The highest BCUT2D eigenvalue weighted by atomic mass is 19.4. The molecule has 0 aliphatic carbocycles. The van der Waals surface area contributed by atoms with E-state index in [-0.39, 0.29) is 5.95 Å². The van der Waals surface area contributed by atoms with Crippen LogP contribution < -0.4 is 10.6 Å². The highest BCUT2D eigenvalue weighted by Gasteiger charge is 2.35. The van der Waals surface area contributed by atoms with Crippen molar-refractivity contribution in [3.63, 3.8) is 0 Å². The highest BCUT2D eigenvalue weighted by molar-refractivity contribution is 5.64. The van der Waals surface area contributed by atoms with Crippen LogP contribution in [-0.2, 0) is 12.6 Å². The molecule has 0 aliphatic heterocycles. The number of aromatic nitrogens is 2. The summed E-state index contributed by atoms with van der Waals surface area (Å²) in [4.78, 5) is 7.81. The lowest BCUT2D eigenvalue weighted by atomic mass is 10.1. The van der Waals surface area contributed by atoms with E-state index in [4.69, 9.17) is 5.26 Å². The van der Waals surface area contributed by atoms with Gasteiger partial charge in [0.15, 0.2) is 0 Å². The van der Waals surface area contributed by atoms with Gasteiger partial charge in [-0.3, -0.25) is 0 Å². The average molecular weight is 397 g/mol. The fraction of sp³-hybridized carbons (Fsp3) is 0.190. The SMILES string of the molecule is CCCc1ccc(Nc2ncc(C(F)(F)F)c(Nc3cccc(C#N)c3)n2)cc1. The van der Waals surface area contributed by atoms with Gasteiger partial charge < -0.3 is 10.6 Å². The molecule has 0 saturated heterocycles. The Bertz CT molecular complexity index is 1020. The standard InChI is InChI=1S/C21H18F3N5/c1-2-4-14-7-9-16(10-8-14)28-20-26-13-18(21(22,23)24)19(29-20)27-17-6-3-5-15(11-17)12-25/h3,5-11,13H,2,4H2,1H3,(H2,26,27,28,29).